The molecule has 0 amide bonds. The second kappa shape index (κ2) is 7.29. The molecule has 0 aromatic carbocycles. The average Bonchev–Trinajstić information content (AvgIpc) is 3.16. The van der Waals surface area contributed by atoms with Crippen LogP contribution >= 0.6 is 0 Å². The van der Waals surface area contributed by atoms with Crippen molar-refractivity contribution in [1.82, 2.24) is 0 Å². The van der Waals surface area contributed by atoms with E-state index in [1.54, 1.807) is 20.8 Å². The van der Waals surface area contributed by atoms with Crippen LogP contribution in [0.15, 0.2) is 23.8 Å². The number of esters is 1. The Morgan fingerprint density at radius 3 is 2.54 bits per heavy atom. The Labute approximate surface area is 202 Å². The number of fused-ring (bicyclic) bond motifs is 7. The Hall–Kier alpha value is -1.97. The molecule has 0 aromatic heterocycles. The van der Waals surface area contributed by atoms with Gasteiger partial charge in [-0.05, 0) is 63.7 Å². The summed E-state index contributed by atoms with van der Waals surface area (Å²) in [6.07, 6.45) is -0.345. The number of aliphatic hydroxyl groups is 1. The summed E-state index contributed by atoms with van der Waals surface area (Å²) >= 11 is 0. The zero-order chi connectivity index (χ0) is 25.8. The highest BCUT2D eigenvalue weighted by molar-refractivity contribution is 6.01. The number of Topliss-reactive ketones (excluding diaryl/α,β-unsaturated/α-hetero) is 1. The lowest BCUT2D eigenvalue weighted by molar-refractivity contribution is -0.249. The van der Waals surface area contributed by atoms with E-state index in [4.69, 9.17) is 14.2 Å². The van der Waals surface area contributed by atoms with Gasteiger partial charge in [-0.15, -0.1) is 0 Å². The molecular weight excluding hydrogens is 462 g/mol. The predicted octanol–water partition coefficient (Wildman–Crippen LogP) is 2.94. The molecule has 0 radical (unpaired) electrons. The van der Waals surface area contributed by atoms with E-state index in [-0.39, 0.29) is 24.8 Å². The van der Waals surface area contributed by atoms with Gasteiger partial charge in [0.2, 0.25) is 5.78 Å². The van der Waals surface area contributed by atoms with Crippen LogP contribution in [0, 0.1) is 22.7 Å². The maximum Gasteiger partial charge on any atom is 0.303 e. The van der Waals surface area contributed by atoms with E-state index in [1.807, 2.05) is 0 Å². The minimum Gasteiger partial charge on any atom is -0.458 e. The molecule has 0 spiro atoms. The van der Waals surface area contributed by atoms with Gasteiger partial charge in [-0.2, -0.15) is 0 Å². The summed E-state index contributed by atoms with van der Waals surface area (Å²) in [5, 5.41) is 11.5. The van der Waals surface area contributed by atoms with Gasteiger partial charge in [0.1, 0.15) is 6.17 Å². The quantitative estimate of drug-likeness (QED) is 0.603. The first-order valence-corrected chi connectivity index (χ1v) is 12.1. The first-order chi connectivity index (χ1) is 16.1. The number of hydrogen-bond acceptors (Lipinski definition) is 7. The number of carbonyl (C=O) groups is 3. The van der Waals surface area contributed by atoms with Gasteiger partial charge in [-0.1, -0.05) is 13.0 Å². The Balaban J connectivity index is 1.62. The molecule has 4 aliphatic carbocycles. The van der Waals surface area contributed by atoms with Crippen LogP contribution in [0.1, 0.15) is 53.9 Å². The van der Waals surface area contributed by atoms with E-state index in [9.17, 15) is 19.5 Å². The maximum atomic E-state index is 17.3. The van der Waals surface area contributed by atoms with Crippen LogP contribution in [0.4, 0.5) is 8.78 Å². The summed E-state index contributed by atoms with van der Waals surface area (Å²) in [4.78, 5) is 37.1. The molecule has 9 heteroatoms. The third kappa shape index (κ3) is 2.95. The van der Waals surface area contributed by atoms with Crippen LogP contribution in [0.2, 0.25) is 0 Å². The molecule has 5 rings (SSSR count). The van der Waals surface area contributed by atoms with Crippen molar-refractivity contribution in [2.24, 2.45) is 22.7 Å². The fourth-order valence-electron chi connectivity index (χ4n) is 8.08. The second-order valence-corrected chi connectivity index (χ2v) is 11.6. The van der Waals surface area contributed by atoms with Gasteiger partial charge in [0.25, 0.3) is 0 Å². The summed E-state index contributed by atoms with van der Waals surface area (Å²) in [6.45, 7) is 7.28. The minimum atomic E-state index is -2.27. The summed E-state index contributed by atoms with van der Waals surface area (Å²) in [6, 6.07) is 0. The van der Waals surface area contributed by atoms with Gasteiger partial charge in [-0.3, -0.25) is 14.4 Å². The maximum absolute atomic E-state index is 17.3. The van der Waals surface area contributed by atoms with Crippen LogP contribution < -0.4 is 0 Å². The molecule has 0 aromatic rings. The molecule has 192 valence electrons. The number of carbonyl (C=O) groups excluding carboxylic acids is 3. The lowest BCUT2D eigenvalue weighted by atomic mass is 9.44. The SMILES string of the molecule is CC(=O)OCC(=O)[C@]12OC(C)(C)O[C@H]1C[C@@H]1[C@H]3C[C@H](F)C4=CC(=O)C=C[C@]4(C)[C@]3(F)[C@@H](O)C[C@@]12C. The highest BCUT2D eigenvalue weighted by Gasteiger charge is 2.80. The van der Waals surface area contributed by atoms with Crippen molar-refractivity contribution in [3.8, 4) is 0 Å². The van der Waals surface area contributed by atoms with Gasteiger partial charge in [0.15, 0.2) is 29.4 Å². The Bertz CT molecular complexity index is 1070. The number of allylic oxidation sites excluding steroid dienone is 4. The van der Waals surface area contributed by atoms with E-state index >= 15 is 8.78 Å². The van der Waals surface area contributed by atoms with Crippen molar-refractivity contribution in [3.63, 3.8) is 0 Å². The Morgan fingerprint density at radius 2 is 1.89 bits per heavy atom. The van der Waals surface area contributed by atoms with Crippen LogP contribution in [0.25, 0.3) is 0 Å². The summed E-state index contributed by atoms with van der Waals surface area (Å²) < 4.78 is 50.3. The van der Waals surface area contributed by atoms with E-state index in [0.717, 1.165) is 6.08 Å². The fourth-order valence-corrected chi connectivity index (χ4v) is 8.08. The monoisotopic (exact) mass is 494 g/mol. The fraction of sp³-hybridized carbons (Fsp3) is 0.731. The van der Waals surface area contributed by atoms with Crippen molar-refractivity contribution < 1.29 is 42.5 Å². The third-order valence-corrected chi connectivity index (χ3v) is 9.44. The van der Waals surface area contributed by atoms with Gasteiger partial charge in [-0.25, -0.2) is 8.78 Å². The molecule has 1 aliphatic heterocycles. The summed E-state index contributed by atoms with van der Waals surface area (Å²) in [5.41, 5.74) is -6.46. The van der Waals surface area contributed by atoms with Gasteiger partial charge in [0, 0.05) is 23.7 Å². The van der Waals surface area contributed by atoms with Crippen LogP contribution in [0.5, 0.6) is 0 Å². The molecule has 1 N–H and O–H groups in total. The van der Waals surface area contributed by atoms with E-state index < -0.39 is 82.2 Å². The number of hydrogen-bond donors (Lipinski definition) is 1. The van der Waals surface area contributed by atoms with Crippen molar-refractivity contribution in [2.45, 2.75) is 89.3 Å². The highest BCUT2D eigenvalue weighted by Crippen LogP contribution is 2.72. The third-order valence-electron chi connectivity index (χ3n) is 9.44. The molecule has 0 unspecified atom stereocenters. The first-order valence-electron chi connectivity index (χ1n) is 12.1. The number of ketones is 2. The topological polar surface area (TPSA) is 99.1 Å². The predicted molar refractivity (Wildman–Crippen MR) is 118 cm³/mol. The molecule has 7 nitrogen and oxygen atoms in total. The summed E-state index contributed by atoms with van der Waals surface area (Å²) in [5.74, 6) is -4.23. The number of alkyl halides is 2. The second-order valence-electron chi connectivity index (χ2n) is 11.6. The normalized spacial score (nSPS) is 49.4. The van der Waals surface area contributed by atoms with Crippen molar-refractivity contribution in [3.05, 3.63) is 23.8 Å². The van der Waals surface area contributed by atoms with E-state index in [0.29, 0.717) is 0 Å². The smallest absolute Gasteiger partial charge is 0.303 e. The zero-order valence-electron chi connectivity index (χ0n) is 20.6. The molecule has 1 saturated heterocycles. The minimum absolute atomic E-state index is 0.0406. The standard InChI is InChI=1S/C26H32F2O7/c1-13(29)33-12-20(32)26-21(34-22(2,3)35-26)10-15-16-9-18(27)17-8-14(30)6-7-23(17,4)25(16,28)19(31)11-24(15,26)5/h6-8,15-16,18-19,21,31H,9-12H2,1-5H3/t15-,16-,18+,19+,21+,23+,24+,25-,26+/m1/s1. The number of ether oxygens (including phenoxy) is 3. The molecule has 0 bridgehead atoms. The molecule has 5 aliphatic rings. The lowest BCUT2D eigenvalue weighted by Gasteiger charge is -2.63. The average molecular weight is 495 g/mol. The summed E-state index contributed by atoms with van der Waals surface area (Å²) in [7, 11) is 0. The molecular formula is C26H32F2O7. The van der Waals surface area contributed by atoms with E-state index in [1.165, 1.54) is 26.0 Å². The number of aliphatic hydroxyl groups excluding tert-OH is 1. The highest BCUT2D eigenvalue weighted by atomic mass is 19.1. The molecule has 35 heavy (non-hydrogen) atoms. The zero-order valence-corrected chi connectivity index (χ0v) is 20.6. The molecule has 9 atom stereocenters. The molecule has 4 fully saturated rings. The number of halogens is 2. The van der Waals surface area contributed by atoms with Gasteiger partial charge >= 0.3 is 5.97 Å². The van der Waals surface area contributed by atoms with Crippen LogP contribution in [-0.4, -0.2) is 64.7 Å². The number of rotatable bonds is 3. The van der Waals surface area contributed by atoms with Crippen molar-refractivity contribution in [1.29, 1.82) is 0 Å². The van der Waals surface area contributed by atoms with Gasteiger partial charge in [0.05, 0.1) is 12.2 Å². The van der Waals surface area contributed by atoms with E-state index in [2.05, 4.69) is 0 Å². The van der Waals surface area contributed by atoms with Crippen molar-refractivity contribution >= 4 is 17.5 Å². The lowest BCUT2D eigenvalue weighted by Crippen LogP contribution is -2.71. The van der Waals surface area contributed by atoms with Crippen LogP contribution in [0.3, 0.4) is 0 Å². The molecule has 3 saturated carbocycles. The first kappa shape index (κ1) is 24.7. The Kier molecular flexibility index (Phi) is 5.15. The largest absolute Gasteiger partial charge is 0.458 e. The Morgan fingerprint density at radius 1 is 1.20 bits per heavy atom. The van der Waals surface area contributed by atoms with Crippen molar-refractivity contribution in [2.75, 3.05) is 6.61 Å². The van der Waals surface area contributed by atoms with Crippen LogP contribution in [-0.2, 0) is 28.6 Å². The molecule has 1 heterocycles. The van der Waals surface area contributed by atoms with Gasteiger partial charge < -0.3 is 19.3 Å².